The van der Waals surface area contributed by atoms with Crippen LogP contribution in [0.4, 0.5) is 0 Å². The quantitative estimate of drug-likeness (QED) is 0.824. The maximum absolute atomic E-state index is 12.1. The third kappa shape index (κ3) is 2.23. The van der Waals surface area contributed by atoms with E-state index in [1.54, 1.807) is 0 Å². The van der Waals surface area contributed by atoms with Gasteiger partial charge in [0.1, 0.15) is 11.7 Å². The zero-order valence-electron chi connectivity index (χ0n) is 9.11. The molecule has 1 fully saturated rings. The lowest BCUT2D eigenvalue weighted by molar-refractivity contribution is -0.141. The molecule has 2 heterocycles. The summed E-state index contributed by atoms with van der Waals surface area (Å²) in [6, 6.07) is -0.787. The van der Waals surface area contributed by atoms with E-state index in [1.165, 1.54) is 35.3 Å². The molecule has 0 aliphatic carbocycles. The highest BCUT2D eigenvalue weighted by atomic mass is 32.2. The van der Waals surface area contributed by atoms with Crippen molar-refractivity contribution in [2.75, 3.05) is 5.75 Å². The van der Waals surface area contributed by atoms with Gasteiger partial charge in [-0.3, -0.25) is 9.78 Å². The van der Waals surface area contributed by atoms with Crippen LogP contribution < -0.4 is 0 Å². The van der Waals surface area contributed by atoms with Gasteiger partial charge in [0.25, 0.3) is 5.91 Å². The fraction of sp³-hybridized carbons (Fsp3) is 0.400. The first-order valence-electron chi connectivity index (χ1n) is 5.04. The SMILES string of the molecule is CC1SCC(C(=O)O)N1C(=O)c1cnccn1. The minimum atomic E-state index is -0.987. The Kier molecular flexibility index (Phi) is 3.28. The second-order valence-corrected chi connectivity index (χ2v) is 4.94. The second-order valence-electron chi connectivity index (χ2n) is 3.59. The molecule has 1 saturated heterocycles. The van der Waals surface area contributed by atoms with E-state index >= 15 is 0 Å². The van der Waals surface area contributed by atoms with Crippen LogP contribution in [-0.4, -0.2) is 49.0 Å². The van der Waals surface area contributed by atoms with Crippen LogP contribution >= 0.6 is 11.8 Å². The van der Waals surface area contributed by atoms with Crippen LogP contribution in [0, 0.1) is 0 Å². The summed E-state index contributed by atoms with van der Waals surface area (Å²) >= 11 is 1.44. The van der Waals surface area contributed by atoms with Gasteiger partial charge in [-0.25, -0.2) is 9.78 Å². The molecule has 2 atom stereocenters. The highest BCUT2D eigenvalue weighted by Crippen LogP contribution is 2.29. The molecular formula is C10H11N3O3S. The summed E-state index contributed by atoms with van der Waals surface area (Å²) in [6.45, 7) is 1.81. The second kappa shape index (κ2) is 4.70. The van der Waals surface area contributed by atoms with E-state index in [0.29, 0.717) is 5.75 Å². The zero-order chi connectivity index (χ0) is 12.4. The van der Waals surface area contributed by atoms with Gasteiger partial charge in [0, 0.05) is 18.1 Å². The molecule has 2 unspecified atom stereocenters. The van der Waals surface area contributed by atoms with Gasteiger partial charge in [-0.1, -0.05) is 0 Å². The molecule has 0 bridgehead atoms. The molecular weight excluding hydrogens is 242 g/mol. The van der Waals surface area contributed by atoms with E-state index in [1.807, 2.05) is 6.92 Å². The van der Waals surface area contributed by atoms with Crippen molar-refractivity contribution >= 4 is 23.6 Å². The minimum Gasteiger partial charge on any atom is -0.480 e. The van der Waals surface area contributed by atoms with Gasteiger partial charge in [0.05, 0.1) is 11.6 Å². The van der Waals surface area contributed by atoms with Crippen molar-refractivity contribution in [2.24, 2.45) is 0 Å². The normalized spacial score (nSPS) is 23.7. The summed E-state index contributed by atoms with van der Waals surface area (Å²) in [5, 5.41) is 8.89. The van der Waals surface area contributed by atoms with Gasteiger partial charge in [0.15, 0.2) is 0 Å². The monoisotopic (exact) mass is 253 g/mol. The summed E-state index contributed by atoms with van der Waals surface area (Å²) in [5.74, 6) is -0.968. The number of hydrogen-bond acceptors (Lipinski definition) is 5. The van der Waals surface area contributed by atoms with Crippen molar-refractivity contribution in [3.63, 3.8) is 0 Å². The van der Waals surface area contributed by atoms with Gasteiger partial charge in [-0.15, -0.1) is 11.8 Å². The van der Waals surface area contributed by atoms with Crippen molar-refractivity contribution in [3.8, 4) is 0 Å². The van der Waals surface area contributed by atoms with Gasteiger partial charge in [-0.2, -0.15) is 0 Å². The van der Waals surface area contributed by atoms with E-state index < -0.39 is 12.0 Å². The molecule has 0 aromatic carbocycles. The standard InChI is InChI=1S/C10H11N3O3S/c1-6-13(8(5-17-6)10(15)16)9(14)7-4-11-2-3-12-7/h2-4,6,8H,5H2,1H3,(H,15,16). The van der Waals surface area contributed by atoms with E-state index in [4.69, 9.17) is 5.11 Å². The summed E-state index contributed by atoms with van der Waals surface area (Å²) in [7, 11) is 0. The number of nitrogens with zero attached hydrogens (tertiary/aromatic N) is 3. The molecule has 0 spiro atoms. The zero-order valence-corrected chi connectivity index (χ0v) is 9.92. The van der Waals surface area contributed by atoms with Crippen molar-refractivity contribution < 1.29 is 14.7 Å². The van der Waals surface area contributed by atoms with Gasteiger partial charge < -0.3 is 10.0 Å². The molecule has 0 saturated carbocycles. The van der Waals surface area contributed by atoms with Crippen LogP contribution in [0.15, 0.2) is 18.6 Å². The molecule has 7 heteroatoms. The summed E-state index contributed by atoms with van der Waals surface area (Å²) in [6.07, 6.45) is 4.22. The Balaban J connectivity index is 2.26. The summed E-state index contributed by atoms with van der Waals surface area (Å²) in [5.41, 5.74) is 0.174. The van der Waals surface area contributed by atoms with Crippen LogP contribution in [0.25, 0.3) is 0 Å². The molecule has 90 valence electrons. The number of carboxylic acids is 1. The molecule has 1 aliphatic rings. The van der Waals surface area contributed by atoms with Crippen molar-refractivity contribution in [3.05, 3.63) is 24.3 Å². The maximum Gasteiger partial charge on any atom is 0.327 e. The average Bonchev–Trinajstić information content (AvgIpc) is 2.71. The van der Waals surface area contributed by atoms with Crippen molar-refractivity contribution in [2.45, 2.75) is 18.3 Å². The Labute approximate surface area is 102 Å². The number of amides is 1. The number of carbonyl (C=O) groups is 2. The smallest absolute Gasteiger partial charge is 0.327 e. The first-order valence-corrected chi connectivity index (χ1v) is 6.09. The lowest BCUT2D eigenvalue weighted by atomic mass is 10.2. The summed E-state index contributed by atoms with van der Waals surface area (Å²) < 4.78 is 0. The van der Waals surface area contributed by atoms with E-state index in [0.717, 1.165) is 0 Å². The van der Waals surface area contributed by atoms with Crippen LogP contribution in [-0.2, 0) is 4.79 Å². The van der Waals surface area contributed by atoms with Gasteiger partial charge >= 0.3 is 5.97 Å². The number of thioether (sulfide) groups is 1. The molecule has 0 radical (unpaired) electrons. The molecule has 1 amide bonds. The Morgan fingerprint density at radius 1 is 1.53 bits per heavy atom. The highest BCUT2D eigenvalue weighted by molar-refractivity contribution is 8.00. The van der Waals surface area contributed by atoms with Gasteiger partial charge in [-0.05, 0) is 6.92 Å². The number of hydrogen-bond donors (Lipinski definition) is 1. The summed E-state index contributed by atoms with van der Waals surface area (Å²) in [4.78, 5) is 32.2. The molecule has 1 aromatic rings. The molecule has 1 aliphatic heterocycles. The first-order chi connectivity index (χ1) is 8.11. The molecule has 1 N–H and O–H groups in total. The number of aliphatic carboxylic acids is 1. The van der Waals surface area contributed by atoms with E-state index in [-0.39, 0.29) is 17.0 Å². The van der Waals surface area contributed by atoms with Crippen LogP contribution in [0.3, 0.4) is 0 Å². The predicted octanol–water partition coefficient (Wildman–Crippen LogP) is 0.465. The predicted molar refractivity (Wildman–Crippen MR) is 61.5 cm³/mol. The van der Waals surface area contributed by atoms with Crippen LogP contribution in [0.2, 0.25) is 0 Å². The Morgan fingerprint density at radius 3 is 2.88 bits per heavy atom. The van der Waals surface area contributed by atoms with Crippen molar-refractivity contribution in [1.29, 1.82) is 0 Å². The molecule has 17 heavy (non-hydrogen) atoms. The molecule has 1 aromatic heterocycles. The van der Waals surface area contributed by atoms with E-state index in [9.17, 15) is 9.59 Å². The topological polar surface area (TPSA) is 83.4 Å². The number of carbonyl (C=O) groups excluding carboxylic acids is 1. The molecule has 2 rings (SSSR count). The van der Waals surface area contributed by atoms with Crippen molar-refractivity contribution in [1.82, 2.24) is 14.9 Å². The largest absolute Gasteiger partial charge is 0.480 e. The Bertz CT molecular complexity index is 440. The van der Waals surface area contributed by atoms with Gasteiger partial charge in [0.2, 0.25) is 0 Å². The lowest BCUT2D eigenvalue weighted by Crippen LogP contribution is -2.45. The molecule has 6 nitrogen and oxygen atoms in total. The maximum atomic E-state index is 12.1. The number of rotatable bonds is 2. The average molecular weight is 253 g/mol. The first kappa shape index (κ1) is 11.8. The minimum absolute atomic E-state index is 0.161. The fourth-order valence-electron chi connectivity index (χ4n) is 1.68. The van der Waals surface area contributed by atoms with Crippen LogP contribution in [0.5, 0.6) is 0 Å². The van der Waals surface area contributed by atoms with E-state index in [2.05, 4.69) is 9.97 Å². The Morgan fingerprint density at radius 2 is 2.29 bits per heavy atom. The Hall–Kier alpha value is -1.63. The third-order valence-corrected chi connectivity index (χ3v) is 3.74. The third-order valence-electron chi connectivity index (χ3n) is 2.52. The number of aromatic nitrogens is 2. The lowest BCUT2D eigenvalue weighted by Gasteiger charge is -2.24. The number of carboxylic acid groups (broad SMARTS) is 1. The fourth-order valence-corrected chi connectivity index (χ4v) is 2.85. The van der Waals surface area contributed by atoms with Crippen LogP contribution in [0.1, 0.15) is 17.4 Å². The highest BCUT2D eigenvalue weighted by Gasteiger charge is 2.40.